The maximum Gasteiger partial charge on any atom is 0.224 e. The van der Waals surface area contributed by atoms with E-state index in [9.17, 15) is 4.79 Å². The van der Waals surface area contributed by atoms with Gasteiger partial charge in [-0.2, -0.15) is 0 Å². The first-order valence-electron chi connectivity index (χ1n) is 5.13. The molecule has 1 N–H and O–H groups in total. The first-order chi connectivity index (χ1) is 6.08. The van der Waals surface area contributed by atoms with E-state index in [-0.39, 0.29) is 5.54 Å². The molecular formula is C10H18N2O. The molecule has 0 radical (unpaired) electrons. The van der Waals surface area contributed by atoms with E-state index < -0.39 is 0 Å². The molecule has 0 aromatic carbocycles. The summed E-state index contributed by atoms with van der Waals surface area (Å²) in [5.41, 5.74) is 0.0920. The largest absolute Gasteiger partial charge is 0.338 e. The van der Waals surface area contributed by atoms with Gasteiger partial charge in [-0.3, -0.25) is 4.79 Å². The number of hydrogen-bond acceptors (Lipinski definition) is 2. The van der Waals surface area contributed by atoms with Crippen LogP contribution in [0.4, 0.5) is 0 Å². The fourth-order valence-electron chi connectivity index (χ4n) is 1.94. The molecule has 1 saturated heterocycles. The van der Waals surface area contributed by atoms with Crippen molar-refractivity contribution in [1.29, 1.82) is 0 Å². The van der Waals surface area contributed by atoms with Gasteiger partial charge in [0, 0.05) is 31.1 Å². The minimum atomic E-state index is 0.0920. The van der Waals surface area contributed by atoms with Gasteiger partial charge in [0.25, 0.3) is 0 Å². The first kappa shape index (κ1) is 9.00. The molecule has 13 heavy (non-hydrogen) atoms. The maximum absolute atomic E-state index is 11.7. The first-order valence-corrected chi connectivity index (χ1v) is 5.13. The summed E-state index contributed by atoms with van der Waals surface area (Å²) in [6, 6.07) is 0.562. The molecule has 1 aliphatic carbocycles. The van der Waals surface area contributed by atoms with Crippen LogP contribution in [-0.4, -0.2) is 35.5 Å². The average molecular weight is 182 g/mol. The van der Waals surface area contributed by atoms with Gasteiger partial charge in [0.05, 0.1) is 0 Å². The van der Waals surface area contributed by atoms with E-state index in [0.717, 1.165) is 13.1 Å². The minimum Gasteiger partial charge on any atom is -0.338 e. The zero-order chi connectivity index (χ0) is 9.47. The molecule has 1 amide bonds. The van der Waals surface area contributed by atoms with Crippen LogP contribution in [0.1, 0.15) is 33.1 Å². The van der Waals surface area contributed by atoms with Crippen molar-refractivity contribution in [3.8, 4) is 0 Å². The Balaban J connectivity index is 2.08. The lowest BCUT2D eigenvalue weighted by Crippen LogP contribution is -2.47. The van der Waals surface area contributed by atoms with Crippen molar-refractivity contribution in [3.63, 3.8) is 0 Å². The van der Waals surface area contributed by atoms with Gasteiger partial charge in [-0.05, 0) is 26.7 Å². The number of nitrogens with zero attached hydrogens (tertiary/aromatic N) is 1. The SMILES string of the molecule is CC1(C)CN(C2CC2)C(=O)CCN1. The number of amides is 1. The van der Waals surface area contributed by atoms with Crippen molar-refractivity contribution in [1.82, 2.24) is 10.2 Å². The monoisotopic (exact) mass is 182 g/mol. The summed E-state index contributed by atoms with van der Waals surface area (Å²) < 4.78 is 0. The number of nitrogens with one attached hydrogen (secondary N) is 1. The normalized spacial score (nSPS) is 28.8. The molecule has 2 fully saturated rings. The van der Waals surface area contributed by atoms with E-state index in [1.807, 2.05) is 0 Å². The molecule has 74 valence electrons. The van der Waals surface area contributed by atoms with E-state index in [2.05, 4.69) is 24.1 Å². The molecule has 0 bridgehead atoms. The van der Waals surface area contributed by atoms with E-state index in [4.69, 9.17) is 0 Å². The Bertz CT molecular complexity index is 221. The molecule has 1 aliphatic heterocycles. The van der Waals surface area contributed by atoms with E-state index >= 15 is 0 Å². The van der Waals surface area contributed by atoms with Gasteiger partial charge in [0.1, 0.15) is 0 Å². The second-order valence-corrected chi connectivity index (χ2v) is 4.81. The van der Waals surface area contributed by atoms with Crippen molar-refractivity contribution >= 4 is 5.91 Å². The fourth-order valence-corrected chi connectivity index (χ4v) is 1.94. The van der Waals surface area contributed by atoms with Crippen molar-refractivity contribution in [2.45, 2.75) is 44.7 Å². The smallest absolute Gasteiger partial charge is 0.224 e. The second-order valence-electron chi connectivity index (χ2n) is 4.81. The maximum atomic E-state index is 11.7. The van der Waals surface area contributed by atoms with Crippen molar-refractivity contribution in [2.24, 2.45) is 0 Å². The molecule has 1 heterocycles. The van der Waals surface area contributed by atoms with Crippen LogP contribution in [0.2, 0.25) is 0 Å². The highest BCUT2D eigenvalue weighted by atomic mass is 16.2. The fraction of sp³-hybridized carbons (Fsp3) is 0.900. The molecular weight excluding hydrogens is 164 g/mol. The van der Waals surface area contributed by atoms with E-state index in [1.54, 1.807) is 0 Å². The predicted molar refractivity (Wildman–Crippen MR) is 51.4 cm³/mol. The molecule has 3 heteroatoms. The third-order valence-corrected chi connectivity index (χ3v) is 2.82. The lowest BCUT2D eigenvalue weighted by atomic mass is 10.1. The van der Waals surface area contributed by atoms with E-state index in [0.29, 0.717) is 18.4 Å². The van der Waals surface area contributed by atoms with Crippen molar-refractivity contribution in [3.05, 3.63) is 0 Å². The Morgan fingerprint density at radius 2 is 2.15 bits per heavy atom. The molecule has 0 unspecified atom stereocenters. The molecule has 0 spiro atoms. The quantitative estimate of drug-likeness (QED) is 0.649. The van der Waals surface area contributed by atoms with Gasteiger partial charge in [0.15, 0.2) is 0 Å². The summed E-state index contributed by atoms with van der Waals surface area (Å²) in [6.07, 6.45) is 3.09. The van der Waals surface area contributed by atoms with Crippen LogP contribution in [0.5, 0.6) is 0 Å². The van der Waals surface area contributed by atoms with Crippen molar-refractivity contribution in [2.75, 3.05) is 13.1 Å². The number of carbonyl (C=O) groups excluding carboxylic acids is 1. The van der Waals surface area contributed by atoms with Gasteiger partial charge in [-0.25, -0.2) is 0 Å². The lowest BCUT2D eigenvalue weighted by molar-refractivity contribution is -0.131. The highest BCUT2D eigenvalue weighted by Crippen LogP contribution is 2.29. The molecule has 1 saturated carbocycles. The second kappa shape index (κ2) is 2.98. The number of carbonyl (C=O) groups is 1. The van der Waals surface area contributed by atoms with Crippen LogP contribution in [-0.2, 0) is 4.79 Å². The molecule has 0 aromatic heterocycles. The third-order valence-electron chi connectivity index (χ3n) is 2.82. The predicted octanol–water partition coefficient (Wildman–Crippen LogP) is 0.749. The van der Waals surface area contributed by atoms with Gasteiger partial charge in [-0.15, -0.1) is 0 Å². The zero-order valence-electron chi connectivity index (χ0n) is 8.47. The van der Waals surface area contributed by atoms with E-state index in [1.165, 1.54) is 12.8 Å². The molecule has 0 atom stereocenters. The standard InChI is InChI=1S/C10H18N2O/c1-10(2)7-12(8-3-4-8)9(13)5-6-11-10/h8,11H,3-7H2,1-2H3. The minimum absolute atomic E-state index is 0.0920. The van der Waals surface area contributed by atoms with Crippen LogP contribution in [0.3, 0.4) is 0 Å². The summed E-state index contributed by atoms with van der Waals surface area (Å²) in [7, 11) is 0. The summed E-state index contributed by atoms with van der Waals surface area (Å²) in [5.74, 6) is 0.334. The third kappa shape index (κ3) is 2.02. The van der Waals surface area contributed by atoms with Gasteiger partial charge in [0.2, 0.25) is 5.91 Å². The number of hydrogen-bond donors (Lipinski definition) is 1. The Morgan fingerprint density at radius 1 is 1.46 bits per heavy atom. The Morgan fingerprint density at radius 3 is 2.77 bits per heavy atom. The zero-order valence-corrected chi connectivity index (χ0v) is 8.47. The van der Waals surface area contributed by atoms with Crippen LogP contribution in [0, 0.1) is 0 Å². The highest BCUT2D eigenvalue weighted by molar-refractivity contribution is 5.77. The Kier molecular flexibility index (Phi) is 2.06. The average Bonchev–Trinajstić information content (AvgIpc) is 2.80. The summed E-state index contributed by atoms with van der Waals surface area (Å²) in [4.78, 5) is 13.7. The lowest BCUT2D eigenvalue weighted by Gasteiger charge is -2.30. The Labute approximate surface area is 79.5 Å². The van der Waals surface area contributed by atoms with Crippen LogP contribution in [0.15, 0.2) is 0 Å². The molecule has 0 aromatic rings. The van der Waals surface area contributed by atoms with Crippen LogP contribution < -0.4 is 5.32 Å². The van der Waals surface area contributed by atoms with Crippen LogP contribution in [0.25, 0.3) is 0 Å². The summed E-state index contributed by atoms with van der Waals surface area (Å²) in [6.45, 7) is 6.04. The molecule has 2 rings (SSSR count). The van der Waals surface area contributed by atoms with Crippen LogP contribution >= 0.6 is 0 Å². The van der Waals surface area contributed by atoms with Gasteiger partial charge in [-0.1, -0.05) is 0 Å². The summed E-state index contributed by atoms with van der Waals surface area (Å²) >= 11 is 0. The van der Waals surface area contributed by atoms with Crippen molar-refractivity contribution < 1.29 is 4.79 Å². The topological polar surface area (TPSA) is 32.3 Å². The van der Waals surface area contributed by atoms with Gasteiger partial charge >= 0.3 is 0 Å². The molecule has 3 nitrogen and oxygen atoms in total. The Hall–Kier alpha value is -0.570. The number of rotatable bonds is 1. The summed E-state index contributed by atoms with van der Waals surface area (Å²) in [5, 5.41) is 3.40. The highest BCUT2D eigenvalue weighted by Gasteiger charge is 2.37. The molecule has 2 aliphatic rings. The van der Waals surface area contributed by atoms with Gasteiger partial charge < -0.3 is 10.2 Å².